The van der Waals surface area contributed by atoms with E-state index in [4.69, 9.17) is 4.74 Å². The Labute approximate surface area is 134 Å². The zero-order valence-electron chi connectivity index (χ0n) is 12.4. The molecule has 0 saturated carbocycles. The smallest absolute Gasteiger partial charge is 0.131 e. The normalized spacial score (nSPS) is 16.2. The van der Waals surface area contributed by atoms with E-state index in [1.807, 2.05) is 60.7 Å². The average Bonchev–Trinajstić information content (AvgIpc) is 2.62. The maximum atomic E-state index is 13.3. The molecule has 1 unspecified atom stereocenters. The minimum atomic E-state index is -0.221. The van der Waals surface area contributed by atoms with Crippen LogP contribution in [0.4, 0.5) is 4.39 Å². The molecule has 0 aromatic heterocycles. The van der Waals surface area contributed by atoms with Crippen molar-refractivity contribution >= 4 is 5.76 Å². The summed E-state index contributed by atoms with van der Waals surface area (Å²) in [7, 11) is 0. The van der Waals surface area contributed by atoms with Crippen molar-refractivity contribution in [1.82, 2.24) is 0 Å². The lowest BCUT2D eigenvalue weighted by molar-refractivity contribution is 0.492. The summed E-state index contributed by atoms with van der Waals surface area (Å²) < 4.78 is 19.3. The molecule has 23 heavy (non-hydrogen) atoms. The number of benzene rings is 3. The highest BCUT2D eigenvalue weighted by Gasteiger charge is 2.23. The molecule has 0 radical (unpaired) electrons. The third-order valence-electron chi connectivity index (χ3n) is 4.08. The zero-order valence-corrected chi connectivity index (χ0v) is 12.4. The Kier molecular flexibility index (Phi) is 3.43. The van der Waals surface area contributed by atoms with Gasteiger partial charge in [-0.15, -0.1) is 0 Å². The van der Waals surface area contributed by atoms with E-state index in [1.165, 1.54) is 12.1 Å². The van der Waals surface area contributed by atoms with Gasteiger partial charge in [-0.2, -0.15) is 0 Å². The van der Waals surface area contributed by atoms with E-state index in [2.05, 4.69) is 12.1 Å². The number of halogens is 1. The second-order valence-electron chi connectivity index (χ2n) is 5.57. The maximum Gasteiger partial charge on any atom is 0.131 e. The van der Waals surface area contributed by atoms with Gasteiger partial charge in [-0.25, -0.2) is 4.39 Å². The zero-order chi connectivity index (χ0) is 15.6. The van der Waals surface area contributed by atoms with Gasteiger partial charge >= 0.3 is 0 Å². The molecule has 3 aromatic carbocycles. The molecule has 1 atom stereocenters. The Morgan fingerprint density at radius 3 is 2.22 bits per heavy atom. The molecule has 1 heterocycles. The third-order valence-corrected chi connectivity index (χ3v) is 4.08. The van der Waals surface area contributed by atoms with Gasteiger partial charge in [-0.3, -0.25) is 0 Å². The lowest BCUT2D eigenvalue weighted by Crippen LogP contribution is -2.10. The Hall–Kier alpha value is -2.87. The van der Waals surface area contributed by atoms with Crippen LogP contribution in [0.3, 0.4) is 0 Å². The van der Waals surface area contributed by atoms with Crippen LogP contribution in [0, 0.1) is 5.82 Å². The van der Waals surface area contributed by atoms with Crippen LogP contribution in [-0.4, -0.2) is 0 Å². The number of ether oxygens (including phenoxy) is 1. The molecule has 0 saturated heterocycles. The van der Waals surface area contributed by atoms with Gasteiger partial charge in [0.2, 0.25) is 0 Å². The van der Waals surface area contributed by atoms with Gasteiger partial charge in [0.25, 0.3) is 0 Å². The summed E-state index contributed by atoms with van der Waals surface area (Å²) in [6, 6.07) is 24.7. The van der Waals surface area contributed by atoms with E-state index in [0.29, 0.717) is 0 Å². The molecular formula is C21H15FO. The molecule has 0 N–H and O–H groups in total. The summed E-state index contributed by atoms with van der Waals surface area (Å²) in [6.45, 7) is 0. The lowest BCUT2D eigenvalue weighted by Gasteiger charge is -2.25. The molecule has 2 heteroatoms. The van der Waals surface area contributed by atoms with Gasteiger partial charge in [0.1, 0.15) is 17.3 Å². The van der Waals surface area contributed by atoms with Crippen molar-refractivity contribution in [2.24, 2.45) is 0 Å². The highest BCUT2D eigenvalue weighted by Crippen LogP contribution is 2.40. The quantitative estimate of drug-likeness (QED) is 0.616. The molecule has 1 aliphatic rings. The van der Waals surface area contributed by atoms with Crippen molar-refractivity contribution < 1.29 is 9.13 Å². The largest absolute Gasteiger partial charge is 0.457 e. The van der Waals surface area contributed by atoms with Crippen LogP contribution >= 0.6 is 0 Å². The highest BCUT2D eigenvalue weighted by atomic mass is 19.1. The van der Waals surface area contributed by atoms with Gasteiger partial charge in [-0.1, -0.05) is 60.7 Å². The van der Waals surface area contributed by atoms with Gasteiger partial charge in [-0.05, 0) is 29.8 Å². The van der Waals surface area contributed by atoms with Gasteiger partial charge in [0.15, 0.2) is 0 Å². The van der Waals surface area contributed by atoms with Crippen LogP contribution in [0.15, 0.2) is 84.9 Å². The van der Waals surface area contributed by atoms with Crippen molar-refractivity contribution in [2.45, 2.75) is 5.92 Å². The molecule has 1 aliphatic heterocycles. The van der Waals surface area contributed by atoms with Gasteiger partial charge in [0, 0.05) is 17.0 Å². The van der Waals surface area contributed by atoms with Crippen LogP contribution in [-0.2, 0) is 0 Å². The maximum absolute atomic E-state index is 13.3. The number of hydrogen-bond acceptors (Lipinski definition) is 1. The molecule has 112 valence electrons. The molecule has 0 spiro atoms. The molecule has 3 aromatic rings. The monoisotopic (exact) mass is 302 g/mol. The first kappa shape index (κ1) is 13.8. The number of allylic oxidation sites excluding steroid dienone is 1. The number of hydrogen-bond donors (Lipinski definition) is 0. The first-order valence-corrected chi connectivity index (χ1v) is 7.61. The second-order valence-corrected chi connectivity index (χ2v) is 5.57. The summed E-state index contributed by atoms with van der Waals surface area (Å²) in [5.41, 5.74) is 3.18. The van der Waals surface area contributed by atoms with E-state index in [0.717, 1.165) is 28.2 Å². The average molecular weight is 302 g/mol. The number of rotatable bonds is 2. The molecule has 0 amide bonds. The minimum Gasteiger partial charge on any atom is -0.457 e. The van der Waals surface area contributed by atoms with Crippen molar-refractivity contribution in [3.8, 4) is 5.75 Å². The first-order chi connectivity index (χ1) is 11.3. The SMILES string of the molecule is Fc1ccc(C2C=C(c3ccccc3)Oc3ccccc32)cc1. The Morgan fingerprint density at radius 2 is 1.43 bits per heavy atom. The Bertz CT molecular complexity index is 851. The molecule has 0 aliphatic carbocycles. The van der Waals surface area contributed by atoms with Crippen molar-refractivity contribution in [1.29, 1.82) is 0 Å². The van der Waals surface area contributed by atoms with Crippen LogP contribution in [0.1, 0.15) is 22.6 Å². The Balaban J connectivity index is 1.84. The van der Waals surface area contributed by atoms with Crippen LogP contribution < -0.4 is 4.74 Å². The molecule has 0 fully saturated rings. The van der Waals surface area contributed by atoms with E-state index < -0.39 is 0 Å². The summed E-state index contributed by atoms with van der Waals surface area (Å²) >= 11 is 0. The fraction of sp³-hybridized carbons (Fsp3) is 0.0476. The highest BCUT2D eigenvalue weighted by molar-refractivity contribution is 5.68. The van der Waals surface area contributed by atoms with Gasteiger partial charge < -0.3 is 4.74 Å². The van der Waals surface area contributed by atoms with Crippen LogP contribution in [0.2, 0.25) is 0 Å². The van der Waals surface area contributed by atoms with E-state index in [9.17, 15) is 4.39 Å². The summed E-state index contributed by atoms with van der Waals surface area (Å²) in [4.78, 5) is 0. The second kappa shape index (κ2) is 5.73. The molecule has 1 nitrogen and oxygen atoms in total. The van der Waals surface area contributed by atoms with Crippen LogP contribution in [0.25, 0.3) is 5.76 Å². The van der Waals surface area contributed by atoms with Crippen molar-refractivity contribution in [3.63, 3.8) is 0 Å². The van der Waals surface area contributed by atoms with E-state index in [-0.39, 0.29) is 11.7 Å². The first-order valence-electron chi connectivity index (χ1n) is 7.61. The van der Waals surface area contributed by atoms with Crippen molar-refractivity contribution in [2.75, 3.05) is 0 Å². The van der Waals surface area contributed by atoms with Crippen molar-refractivity contribution in [3.05, 3.63) is 107 Å². The molecule has 4 rings (SSSR count). The van der Waals surface area contributed by atoms with E-state index >= 15 is 0 Å². The number of para-hydroxylation sites is 1. The van der Waals surface area contributed by atoms with Crippen LogP contribution in [0.5, 0.6) is 5.75 Å². The molecule has 0 bridgehead atoms. The fourth-order valence-corrected chi connectivity index (χ4v) is 2.93. The Morgan fingerprint density at radius 1 is 0.739 bits per heavy atom. The van der Waals surface area contributed by atoms with E-state index in [1.54, 1.807) is 0 Å². The summed E-state index contributed by atoms with van der Waals surface area (Å²) in [5.74, 6) is 1.51. The molecular weight excluding hydrogens is 287 g/mol. The summed E-state index contributed by atoms with van der Waals surface area (Å²) in [6.07, 6.45) is 2.10. The minimum absolute atomic E-state index is 0.0516. The predicted octanol–water partition coefficient (Wildman–Crippen LogP) is 5.39. The fourth-order valence-electron chi connectivity index (χ4n) is 2.93. The standard InChI is InChI=1S/C21H15FO/c22-17-12-10-15(11-13-17)19-14-21(16-6-2-1-3-7-16)23-20-9-5-4-8-18(19)20/h1-14,19H. The topological polar surface area (TPSA) is 9.23 Å². The van der Waals surface area contributed by atoms with Gasteiger partial charge in [0.05, 0.1) is 0 Å². The predicted molar refractivity (Wildman–Crippen MR) is 89.7 cm³/mol. The lowest BCUT2D eigenvalue weighted by atomic mass is 9.88. The third kappa shape index (κ3) is 2.64. The summed E-state index contributed by atoms with van der Waals surface area (Å²) in [5, 5.41) is 0. The number of fused-ring (bicyclic) bond motifs is 1.